The number of nitrogens with zero attached hydrogens (tertiary/aromatic N) is 1. The lowest BCUT2D eigenvalue weighted by molar-refractivity contribution is -0.127. The van der Waals surface area contributed by atoms with Crippen LogP contribution in [0.2, 0.25) is 5.02 Å². The molecule has 2 aromatic rings. The van der Waals surface area contributed by atoms with E-state index in [1.54, 1.807) is 17.0 Å². The van der Waals surface area contributed by atoms with E-state index in [2.05, 4.69) is 5.32 Å². The summed E-state index contributed by atoms with van der Waals surface area (Å²) in [6, 6.07) is 13.1. The van der Waals surface area contributed by atoms with Crippen molar-refractivity contribution in [3.8, 4) is 5.75 Å². The SMILES string of the molecule is O=C(NCc1ccc(N2CCCC2=O)cc1)[C@H]1Cc2cc(Cl)ccc2O1. The lowest BCUT2D eigenvalue weighted by atomic mass is 10.1. The van der Waals surface area contributed by atoms with Gasteiger partial charge in [-0.15, -0.1) is 0 Å². The van der Waals surface area contributed by atoms with Crippen molar-refractivity contribution in [1.82, 2.24) is 5.32 Å². The molecule has 2 aliphatic heterocycles. The Morgan fingerprint density at radius 3 is 2.77 bits per heavy atom. The van der Waals surface area contributed by atoms with Crippen LogP contribution >= 0.6 is 11.6 Å². The number of carbonyl (C=O) groups is 2. The largest absolute Gasteiger partial charge is 0.480 e. The number of ether oxygens (including phenoxy) is 1. The number of anilines is 1. The van der Waals surface area contributed by atoms with Crippen LogP contribution in [0.4, 0.5) is 5.69 Å². The number of benzene rings is 2. The van der Waals surface area contributed by atoms with Crippen LogP contribution in [0.5, 0.6) is 5.75 Å². The predicted molar refractivity (Wildman–Crippen MR) is 99.4 cm³/mol. The third-order valence-electron chi connectivity index (χ3n) is 4.78. The maximum Gasteiger partial charge on any atom is 0.261 e. The van der Waals surface area contributed by atoms with Gasteiger partial charge >= 0.3 is 0 Å². The standard InChI is InChI=1S/C20H19ClN2O3/c21-15-5-8-17-14(10-15)11-18(26-17)20(25)22-12-13-3-6-16(7-4-13)23-9-1-2-19(23)24/h3-8,10,18H,1-2,9,11-12H2,(H,22,25)/t18-/m1/s1. The second-order valence-corrected chi connectivity index (χ2v) is 7.03. The van der Waals surface area contributed by atoms with Gasteiger partial charge in [-0.3, -0.25) is 9.59 Å². The molecule has 2 amide bonds. The summed E-state index contributed by atoms with van der Waals surface area (Å²) in [5, 5.41) is 3.55. The summed E-state index contributed by atoms with van der Waals surface area (Å²) < 4.78 is 5.70. The Morgan fingerprint density at radius 1 is 1.23 bits per heavy atom. The number of fused-ring (bicyclic) bond motifs is 1. The van der Waals surface area contributed by atoms with Gasteiger partial charge in [0.05, 0.1) is 0 Å². The zero-order chi connectivity index (χ0) is 18.1. The van der Waals surface area contributed by atoms with Crippen molar-refractivity contribution in [2.75, 3.05) is 11.4 Å². The summed E-state index contributed by atoms with van der Waals surface area (Å²) in [6.45, 7) is 1.20. The van der Waals surface area contributed by atoms with E-state index in [1.807, 2.05) is 30.3 Å². The monoisotopic (exact) mass is 370 g/mol. The summed E-state index contributed by atoms with van der Waals surface area (Å²) in [6.07, 6.45) is 1.53. The first-order chi connectivity index (χ1) is 12.6. The Hall–Kier alpha value is -2.53. The van der Waals surface area contributed by atoms with Crippen molar-refractivity contribution in [3.05, 3.63) is 58.6 Å². The van der Waals surface area contributed by atoms with Crippen molar-refractivity contribution in [2.24, 2.45) is 0 Å². The minimum Gasteiger partial charge on any atom is -0.480 e. The van der Waals surface area contributed by atoms with Crippen LogP contribution < -0.4 is 15.0 Å². The average molecular weight is 371 g/mol. The molecule has 0 unspecified atom stereocenters. The summed E-state index contributed by atoms with van der Waals surface area (Å²) in [5.41, 5.74) is 2.85. The van der Waals surface area contributed by atoms with Crippen LogP contribution in [0, 0.1) is 0 Å². The molecule has 0 aliphatic carbocycles. The number of hydrogen-bond acceptors (Lipinski definition) is 3. The lowest BCUT2D eigenvalue weighted by Crippen LogP contribution is -2.37. The van der Waals surface area contributed by atoms with Crippen molar-refractivity contribution < 1.29 is 14.3 Å². The summed E-state index contributed by atoms with van der Waals surface area (Å²) in [7, 11) is 0. The highest BCUT2D eigenvalue weighted by Gasteiger charge is 2.29. The van der Waals surface area contributed by atoms with Gasteiger partial charge in [0.1, 0.15) is 5.75 Å². The molecule has 134 valence electrons. The molecule has 5 nitrogen and oxygen atoms in total. The topological polar surface area (TPSA) is 58.6 Å². The molecule has 0 saturated carbocycles. The smallest absolute Gasteiger partial charge is 0.261 e. The van der Waals surface area contributed by atoms with Crippen LogP contribution in [0.25, 0.3) is 0 Å². The number of carbonyl (C=O) groups excluding carboxylic acids is 2. The van der Waals surface area contributed by atoms with E-state index < -0.39 is 6.10 Å². The summed E-state index contributed by atoms with van der Waals surface area (Å²) in [5.74, 6) is 0.745. The zero-order valence-corrected chi connectivity index (χ0v) is 15.0. The molecular weight excluding hydrogens is 352 g/mol. The quantitative estimate of drug-likeness (QED) is 0.899. The fraction of sp³-hybridized carbons (Fsp3) is 0.300. The van der Waals surface area contributed by atoms with Crippen molar-refractivity contribution >= 4 is 29.1 Å². The van der Waals surface area contributed by atoms with Gasteiger partial charge in [-0.2, -0.15) is 0 Å². The molecule has 0 bridgehead atoms. The molecule has 1 atom stereocenters. The van der Waals surface area contributed by atoms with Crippen LogP contribution in [0.15, 0.2) is 42.5 Å². The third kappa shape index (κ3) is 3.40. The van der Waals surface area contributed by atoms with E-state index in [0.717, 1.165) is 29.8 Å². The van der Waals surface area contributed by atoms with Crippen LogP contribution in [0.3, 0.4) is 0 Å². The Bertz CT molecular complexity index is 851. The molecule has 0 spiro atoms. The highest BCUT2D eigenvalue weighted by molar-refractivity contribution is 6.30. The average Bonchev–Trinajstić information content (AvgIpc) is 3.26. The molecule has 4 rings (SSSR count). The molecule has 1 N–H and O–H groups in total. The van der Waals surface area contributed by atoms with Gasteiger partial charge in [-0.25, -0.2) is 0 Å². The van der Waals surface area contributed by atoms with Gasteiger partial charge in [0.25, 0.3) is 5.91 Å². The molecular formula is C20H19ClN2O3. The van der Waals surface area contributed by atoms with E-state index in [9.17, 15) is 9.59 Å². The Balaban J connectivity index is 1.33. The molecule has 1 fully saturated rings. The molecule has 1 saturated heterocycles. The van der Waals surface area contributed by atoms with Crippen molar-refractivity contribution in [3.63, 3.8) is 0 Å². The Kier molecular flexibility index (Phi) is 4.55. The number of amides is 2. The van der Waals surface area contributed by atoms with E-state index in [4.69, 9.17) is 16.3 Å². The van der Waals surface area contributed by atoms with E-state index in [0.29, 0.717) is 30.2 Å². The number of hydrogen-bond donors (Lipinski definition) is 1. The van der Waals surface area contributed by atoms with Crippen LogP contribution in [-0.2, 0) is 22.6 Å². The molecule has 0 radical (unpaired) electrons. The first kappa shape index (κ1) is 16.9. The van der Waals surface area contributed by atoms with E-state index in [1.165, 1.54) is 0 Å². The highest BCUT2D eigenvalue weighted by atomic mass is 35.5. The molecule has 2 aliphatic rings. The first-order valence-electron chi connectivity index (χ1n) is 8.72. The van der Waals surface area contributed by atoms with Gasteiger partial charge in [0.2, 0.25) is 5.91 Å². The fourth-order valence-electron chi connectivity index (χ4n) is 3.38. The maximum absolute atomic E-state index is 12.4. The molecule has 26 heavy (non-hydrogen) atoms. The predicted octanol–water partition coefficient (Wildman–Crippen LogP) is 3.09. The minimum atomic E-state index is -0.523. The Labute approximate surface area is 156 Å². The summed E-state index contributed by atoms with van der Waals surface area (Å²) >= 11 is 5.98. The highest BCUT2D eigenvalue weighted by Crippen LogP contribution is 2.31. The van der Waals surface area contributed by atoms with Gasteiger partial charge < -0.3 is 15.0 Å². The van der Waals surface area contributed by atoms with E-state index in [-0.39, 0.29) is 11.8 Å². The van der Waals surface area contributed by atoms with Crippen LogP contribution in [-0.4, -0.2) is 24.5 Å². The number of nitrogens with one attached hydrogen (secondary N) is 1. The van der Waals surface area contributed by atoms with Gasteiger partial charge in [0.15, 0.2) is 6.10 Å². The lowest BCUT2D eigenvalue weighted by Gasteiger charge is -2.16. The fourth-order valence-corrected chi connectivity index (χ4v) is 3.58. The third-order valence-corrected chi connectivity index (χ3v) is 5.01. The molecule has 2 aromatic carbocycles. The van der Waals surface area contributed by atoms with Crippen LogP contribution in [0.1, 0.15) is 24.0 Å². The number of rotatable bonds is 4. The minimum absolute atomic E-state index is 0.142. The molecule has 6 heteroatoms. The summed E-state index contributed by atoms with van der Waals surface area (Å²) in [4.78, 5) is 26.0. The Morgan fingerprint density at radius 2 is 2.04 bits per heavy atom. The normalized spacial score (nSPS) is 18.6. The number of halogens is 1. The van der Waals surface area contributed by atoms with Gasteiger partial charge in [-0.1, -0.05) is 23.7 Å². The first-order valence-corrected chi connectivity index (χ1v) is 9.10. The van der Waals surface area contributed by atoms with Crippen molar-refractivity contribution in [2.45, 2.75) is 31.9 Å². The second kappa shape index (κ2) is 7.00. The van der Waals surface area contributed by atoms with Gasteiger partial charge in [0, 0.05) is 36.6 Å². The van der Waals surface area contributed by atoms with E-state index >= 15 is 0 Å². The zero-order valence-electron chi connectivity index (χ0n) is 14.2. The molecule has 0 aromatic heterocycles. The van der Waals surface area contributed by atoms with Crippen molar-refractivity contribution in [1.29, 1.82) is 0 Å². The second-order valence-electron chi connectivity index (χ2n) is 6.60. The maximum atomic E-state index is 12.4. The van der Waals surface area contributed by atoms with Gasteiger partial charge in [-0.05, 0) is 47.9 Å². The molecule has 2 heterocycles.